The number of nitrogens with one attached hydrogen (secondary N) is 1. The Morgan fingerprint density at radius 1 is 1.21 bits per heavy atom. The monoisotopic (exact) mass is 256 g/mol. The zero-order valence-electron chi connectivity index (χ0n) is 10.6. The Kier molecular flexibility index (Phi) is 2.59. The van der Waals surface area contributed by atoms with E-state index < -0.39 is 0 Å². The van der Waals surface area contributed by atoms with Crippen LogP contribution in [0.3, 0.4) is 0 Å². The Balaban J connectivity index is 1.86. The first-order chi connectivity index (χ1) is 9.11. The molecule has 3 aromatic rings. The van der Waals surface area contributed by atoms with Crippen molar-refractivity contribution in [1.29, 1.82) is 0 Å². The molecule has 5 nitrogen and oxygen atoms in total. The Morgan fingerprint density at radius 3 is 2.79 bits per heavy atom. The molecule has 0 aliphatic rings. The van der Waals surface area contributed by atoms with Crippen molar-refractivity contribution in [3.8, 4) is 0 Å². The fraction of sp³-hybridized carbons (Fsp3) is 0.143. The van der Waals surface area contributed by atoms with Gasteiger partial charge in [-0.15, -0.1) is 0 Å². The predicted octanol–water partition coefficient (Wildman–Crippen LogP) is 3.29. The molecule has 0 bridgehead atoms. The largest absolute Gasteiger partial charge is 0.461 e. The fourth-order valence-corrected chi connectivity index (χ4v) is 1.92. The summed E-state index contributed by atoms with van der Waals surface area (Å²) in [7, 11) is 0. The standard InChI is InChI=1S/C14H12N2O3/c1-8-5-13(19-16-8)14(17)15-11-3-4-12-10(7-11)6-9(2)18-12/h3-7H,1-2H3,(H,15,17). The molecule has 0 saturated carbocycles. The zero-order valence-corrected chi connectivity index (χ0v) is 10.6. The van der Waals surface area contributed by atoms with E-state index in [9.17, 15) is 4.79 Å². The number of aromatic nitrogens is 1. The number of fused-ring (bicyclic) bond motifs is 1. The van der Waals surface area contributed by atoms with Crippen LogP contribution < -0.4 is 5.32 Å². The van der Waals surface area contributed by atoms with E-state index in [2.05, 4.69) is 10.5 Å². The molecule has 1 N–H and O–H groups in total. The van der Waals surface area contributed by atoms with Gasteiger partial charge in [-0.05, 0) is 38.1 Å². The molecule has 0 radical (unpaired) electrons. The summed E-state index contributed by atoms with van der Waals surface area (Å²) in [4.78, 5) is 11.9. The van der Waals surface area contributed by atoms with Crippen LogP contribution in [0, 0.1) is 13.8 Å². The topological polar surface area (TPSA) is 68.3 Å². The van der Waals surface area contributed by atoms with Crippen molar-refractivity contribution in [2.75, 3.05) is 5.32 Å². The molecule has 1 aromatic carbocycles. The summed E-state index contributed by atoms with van der Waals surface area (Å²) >= 11 is 0. The number of amides is 1. The van der Waals surface area contributed by atoms with E-state index in [1.54, 1.807) is 19.1 Å². The van der Waals surface area contributed by atoms with Gasteiger partial charge in [0.25, 0.3) is 5.91 Å². The summed E-state index contributed by atoms with van der Waals surface area (Å²) in [5.74, 6) is 0.713. The molecular weight excluding hydrogens is 244 g/mol. The number of hydrogen-bond donors (Lipinski definition) is 1. The van der Waals surface area contributed by atoms with Crippen molar-refractivity contribution in [1.82, 2.24) is 5.16 Å². The quantitative estimate of drug-likeness (QED) is 0.763. The minimum absolute atomic E-state index is 0.195. The van der Waals surface area contributed by atoms with Crippen LogP contribution in [0.5, 0.6) is 0 Å². The molecule has 0 saturated heterocycles. The SMILES string of the molecule is Cc1cc(C(=O)Nc2ccc3oc(C)cc3c2)on1. The van der Waals surface area contributed by atoms with E-state index in [-0.39, 0.29) is 11.7 Å². The van der Waals surface area contributed by atoms with Crippen LogP contribution in [0.4, 0.5) is 5.69 Å². The van der Waals surface area contributed by atoms with Crippen molar-refractivity contribution in [2.24, 2.45) is 0 Å². The maximum atomic E-state index is 11.9. The molecule has 1 amide bonds. The number of aryl methyl sites for hydroxylation is 2. The maximum absolute atomic E-state index is 11.9. The van der Waals surface area contributed by atoms with Crippen LogP contribution in [0.2, 0.25) is 0 Å². The Bertz CT molecular complexity index is 755. The lowest BCUT2D eigenvalue weighted by atomic mass is 10.2. The number of anilines is 1. The average molecular weight is 256 g/mol. The molecule has 0 fully saturated rings. The first-order valence-corrected chi connectivity index (χ1v) is 5.87. The van der Waals surface area contributed by atoms with Crippen molar-refractivity contribution >= 4 is 22.6 Å². The normalized spacial score (nSPS) is 10.8. The van der Waals surface area contributed by atoms with E-state index in [4.69, 9.17) is 8.94 Å². The summed E-state index contributed by atoms with van der Waals surface area (Å²) in [6, 6.07) is 8.97. The summed E-state index contributed by atoms with van der Waals surface area (Å²) in [5.41, 5.74) is 2.16. The van der Waals surface area contributed by atoms with Crippen LogP contribution in [0.1, 0.15) is 22.0 Å². The van der Waals surface area contributed by atoms with Crippen LogP contribution in [-0.4, -0.2) is 11.1 Å². The molecule has 3 rings (SSSR count). The van der Waals surface area contributed by atoms with Gasteiger partial charge in [0.2, 0.25) is 5.76 Å². The number of rotatable bonds is 2. The van der Waals surface area contributed by atoms with Crippen molar-refractivity contribution in [2.45, 2.75) is 13.8 Å². The van der Waals surface area contributed by atoms with Crippen LogP contribution in [-0.2, 0) is 0 Å². The van der Waals surface area contributed by atoms with Gasteiger partial charge in [-0.25, -0.2) is 0 Å². The molecule has 0 aliphatic carbocycles. The Morgan fingerprint density at radius 2 is 2.05 bits per heavy atom. The Labute approximate surface area is 109 Å². The lowest BCUT2D eigenvalue weighted by Crippen LogP contribution is -2.10. The van der Waals surface area contributed by atoms with E-state index in [1.165, 1.54) is 0 Å². The van der Waals surface area contributed by atoms with Crippen LogP contribution >= 0.6 is 0 Å². The average Bonchev–Trinajstić information content (AvgIpc) is 2.93. The van der Waals surface area contributed by atoms with Gasteiger partial charge in [-0.3, -0.25) is 4.79 Å². The van der Waals surface area contributed by atoms with E-state index in [0.29, 0.717) is 11.4 Å². The molecule has 96 valence electrons. The molecule has 0 atom stereocenters. The van der Waals surface area contributed by atoms with Gasteiger partial charge in [0.05, 0.1) is 5.69 Å². The van der Waals surface area contributed by atoms with Crippen molar-refractivity contribution < 1.29 is 13.7 Å². The predicted molar refractivity (Wildman–Crippen MR) is 70.1 cm³/mol. The minimum atomic E-state index is -0.319. The van der Waals surface area contributed by atoms with Gasteiger partial charge in [0.1, 0.15) is 11.3 Å². The molecule has 2 heterocycles. The van der Waals surface area contributed by atoms with Crippen molar-refractivity contribution in [3.63, 3.8) is 0 Å². The van der Waals surface area contributed by atoms with E-state index >= 15 is 0 Å². The van der Waals surface area contributed by atoms with Gasteiger partial charge < -0.3 is 14.3 Å². The molecule has 0 spiro atoms. The minimum Gasteiger partial charge on any atom is -0.461 e. The van der Waals surface area contributed by atoms with Gasteiger partial charge in [0.15, 0.2) is 0 Å². The highest BCUT2D eigenvalue weighted by Crippen LogP contribution is 2.23. The molecular formula is C14H12N2O3. The summed E-state index contributed by atoms with van der Waals surface area (Å²) in [6.07, 6.45) is 0. The number of nitrogens with zero attached hydrogens (tertiary/aromatic N) is 1. The van der Waals surface area contributed by atoms with Gasteiger partial charge >= 0.3 is 0 Å². The number of carbonyl (C=O) groups is 1. The van der Waals surface area contributed by atoms with Crippen molar-refractivity contribution in [3.05, 3.63) is 47.5 Å². The van der Waals surface area contributed by atoms with E-state index in [0.717, 1.165) is 16.7 Å². The highest BCUT2D eigenvalue weighted by molar-refractivity contribution is 6.03. The zero-order chi connectivity index (χ0) is 13.4. The number of furan rings is 1. The van der Waals surface area contributed by atoms with Crippen LogP contribution in [0.25, 0.3) is 11.0 Å². The molecule has 0 unspecified atom stereocenters. The Hall–Kier alpha value is -2.56. The third-order valence-electron chi connectivity index (χ3n) is 2.75. The maximum Gasteiger partial charge on any atom is 0.294 e. The van der Waals surface area contributed by atoms with Crippen LogP contribution in [0.15, 0.2) is 39.3 Å². The van der Waals surface area contributed by atoms with E-state index in [1.807, 2.05) is 25.1 Å². The summed E-state index contributed by atoms with van der Waals surface area (Å²) in [6.45, 7) is 3.65. The highest BCUT2D eigenvalue weighted by atomic mass is 16.5. The van der Waals surface area contributed by atoms with Gasteiger partial charge in [-0.1, -0.05) is 5.16 Å². The lowest BCUT2D eigenvalue weighted by Gasteiger charge is -2.01. The number of hydrogen-bond acceptors (Lipinski definition) is 4. The lowest BCUT2D eigenvalue weighted by molar-refractivity contribution is 0.0988. The highest BCUT2D eigenvalue weighted by Gasteiger charge is 2.12. The third-order valence-corrected chi connectivity index (χ3v) is 2.75. The van der Waals surface area contributed by atoms with Gasteiger partial charge in [-0.2, -0.15) is 0 Å². The smallest absolute Gasteiger partial charge is 0.294 e. The molecule has 0 aliphatic heterocycles. The molecule has 5 heteroatoms. The number of benzene rings is 1. The second-order valence-corrected chi connectivity index (χ2v) is 4.40. The first-order valence-electron chi connectivity index (χ1n) is 5.87. The number of carbonyl (C=O) groups excluding carboxylic acids is 1. The molecule has 19 heavy (non-hydrogen) atoms. The molecule has 2 aromatic heterocycles. The third kappa shape index (κ3) is 2.22. The second kappa shape index (κ2) is 4.28. The second-order valence-electron chi connectivity index (χ2n) is 4.40. The fourth-order valence-electron chi connectivity index (χ4n) is 1.92. The summed E-state index contributed by atoms with van der Waals surface area (Å²) in [5, 5.41) is 7.39. The first kappa shape index (κ1) is 11.5. The summed E-state index contributed by atoms with van der Waals surface area (Å²) < 4.78 is 10.4. The van der Waals surface area contributed by atoms with Gasteiger partial charge in [0, 0.05) is 17.1 Å².